The van der Waals surface area contributed by atoms with Gasteiger partial charge in [0.15, 0.2) is 5.79 Å². The summed E-state index contributed by atoms with van der Waals surface area (Å²) in [7, 11) is 0. The summed E-state index contributed by atoms with van der Waals surface area (Å²) in [5, 5.41) is 73.7. The highest BCUT2D eigenvalue weighted by Gasteiger charge is 2.84. The van der Waals surface area contributed by atoms with Gasteiger partial charge in [-0.1, -0.05) is 90.0 Å². The van der Waals surface area contributed by atoms with E-state index in [1.807, 2.05) is 6.92 Å². The van der Waals surface area contributed by atoms with Crippen molar-refractivity contribution in [2.75, 3.05) is 19.8 Å². The molecule has 11 aliphatic rings. The molecule has 73 heavy (non-hydrogen) atoms. The van der Waals surface area contributed by atoms with Crippen LogP contribution in [0.3, 0.4) is 0 Å². The van der Waals surface area contributed by atoms with Crippen LogP contribution >= 0.6 is 0 Å². The molecule has 0 radical (unpaired) electrons. The van der Waals surface area contributed by atoms with Crippen LogP contribution in [0.2, 0.25) is 0 Å². The second-order valence-corrected chi connectivity index (χ2v) is 30.7. The number of rotatable bonds is 6. The molecule has 1 spiro atoms. The molecular formula is C61H96N2O10. The molecule has 12 rings (SSSR count). The fourth-order valence-corrected chi connectivity index (χ4v) is 22.7. The van der Waals surface area contributed by atoms with Crippen LogP contribution in [0.5, 0.6) is 0 Å². The Morgan fingerprint density at radius 2 is 1.19 bits per heavy atom. The lowest BCUT2D eigenvalue weighted by molar-refractivity contribution is -0.298. The minimum Gasteiger partial charge on any atom is -0.393 e. The molecule has 4 heterocycles. The first-order valence-corrected chi connectivity index (χ1v) is 29.4. The van der Waals surface area contributed by atoms with Crippen molar-refractivity contribution in [2.45, 2.75) is 252 Å². The number of aromatic nitrogens is 2. The molecule has 0 bridgehead atoms. The van der Waals surface area contributed by atoms with Gasteiger partial charge < -0.3 is 49.6 Å². The molecule has 8 aliphatic carbocycles. The van der Waals surface area contributed by atoms with Gasteiger partial charge in [0.05, 0.1) is 66.5 Å². The molecule has 0 amide bonds. The maximum atomic E-state index is 13.4. The van der Waals surface area contributed by atoms with Crippen LogP contribution in [0.15, 0.2) is 0 Å². The van der Waals surface area contributed by atoms with Crippen LogP contribution in [0.4, 0.5) is 0 Å². The van der Waals surface area contributed by atoms with Gasteiger partial charge in [0.2, 0.25) is 5.79 Å². The summed E-state index contributed by atoms with van der Waals surface area (Å²) in [6.07, 6.45) is 9.52. The van der Waals surface area contributed by atoms with Crippen molar-refractivity contribution < 1.29 is 49.6 Å². The number of nitrogens with zero attached hydrogens (tertiary/aromatic N) is 2. The standard InChI is InChI=1S/C61H96N2O10/c1-34(2)15-20-58(70-23-24-71-58)35(3)59(68)45(66)32-53(10)43-17-19-49(6)27-40-41(28-55(49,12)51(43,8)21-22-54(53,59)11)62-39-26-48(5)18-16-37-38-25-47-60(69,36(4)61(72-47)46(67)30-50(7,33-64)73-61)57(38,14)44(65)31-52(37,9)56(48,13)29-42(39)63-40/h34-38,43-47,64-69H,15-33H2,1-14H3/t35-,36+,37?,38+,43?,44-,45+,46-,47+,48-,49-,50+,51-,52+,53+,54+,55+,56+,57-,59-,60-,61?/m1/s1. The van der Waals surface area contributed by atoms with Gasteiger partial charge in [-0.3, -0.25) is 9.97 Å². The Morgan fingerprint density at radius 3 is 1.77 bits per heavy atom. The van der Waals surface area contributed by atoms with E-state index in [0.717, 1.165) is 87.7 Å². The largest absolute Gasteiger partial charge is 0.393 e. The minimum atomic E-state index is -1.45. The van der Waals surface area contributed by atoms with Gasteiger partial charge in [0.1, 0.15) is 17.3 Å². The molecular weight excluding hydrogens is 921 g/mol. The predicted molar refractivity (Wildman–Crippen MR) is 276 cm³/mol. The van der Waals surface area contributed by atoms with E-state index >= 15 is 0 Å². The summed E-state index contributed by atoms with van der Waals surface area (Å²) in [5.41, 5.74) is -1.67. The van der Waals surface area contributed by atoms with Gasteiger partial charge in [-0.15, -0.1) is 0 Å². The second kappa shape index (κ2) is 15.3. The molecule has 3 saturated heterocycles. The van der Waals surface area contributed by atoms with Crippen molar-refractivity contribution in [1.29, 1.82) is 0 Å². The lowest BCUT2D eigenvalue weighted by atomic mass is 9.32. The highest BCUT2D eigenvalue weighted by Crippen LogP contribution is 2.81. The van der Waals surface area contributed by atoms with Crippen molar-refractivity contribution in [1.82, 2.24) is 9.97 Å². The van der Waals surface area contributed by atoms with Gasteiger partial charge >= 0.3 is 0 Å². The molecule has 9 fully saturated rings. The highest BCUT2D eigenvalue weighted by atomic mass is 16.7. The molecule has 0 aromatic carbocycles. The smallest absolute Gasteiger partial charge is 0.201 e. The Hall–Kier alpha value is -1.32. The van der Waals surface area contributed by atoms with Crippen LogP contribution in [-0.2, 0) is 44.6 Å². The monoisotopic (exact) mass is 1020 g/mol. The summed E-state index contributed by atoms with van der Waals surface area (Å²) < 4.78 is 26.3. The average Bonchev–Trinajstić information content (AvgIpc) is 4.05. The molecule has 22 atom stereocenters. The first-order valence-electron chi connectivity index (χ1n) is 29.4. The SMILES string of the molecule is CC(C)CCC1([C@@H](C)[C@@]2(O)[C@@H](O)C[C@@]3(C)C4CC[C@]5(C)Cc6nc7c(nc6C[C@]5(C)[C@]4(C)CC[C@]23C)C[C@@]2(C)CCC3[C@@H]4C[C@@H]5OC6(O[C@](C)(CO)C[C@H]6O)[C@@H](C)[C@]5(O)[C@@]4(C)[C@H](O)C[C@]3(C)[C@@]2(C)C7)OCCO1. The number of ether oxygens (including phenoxy) is 4. The normalized spacial score (nSPS) is 57.5. The van der Waals surface area contributed by atoms with Crippen LogP contribution in [0.25, 0.3) is 0 Å². The molecule has 6 saturated carbocycles. The fourth-order valence-electron chi connectivity index (χ4n) is 22.7. The summed E-state index contributed by atoms with van der Waals surface area (Å²) >= 11 is 0. The van der Waals surface area contributed by atoms with E-state index in [0.29, 0.717) is 50.7 Å². The van der Waals surface area contributed by atoms with Crippen molar-refractivity contribution in [2.24, 2.45) is 84.2 Å². The average molecular weight is 1020 g/mol. The maximum Gasteiger partial charge on any atom is 0.201 e. The Bertz CT molecular complexity index is 2450. The van der Waals surface area contributed by atoms with E-state index in [2.05, 4.69) is 83.1 Å². The fraction of sp³-hybridized carbons (Fsp3) is 0.934. The first kappa shape index (κ1) is 52.4. The zero-order chi connectivity index (χ0) is 52.8. The molecule has 410 valence electrons. The van der Waals surface area contributed by atoms with Crippen molar-refractivity contribution in [3.8, 4) is 0 Å². The van der Waals surface area contributed by atoms with E-state index in [1.165, 1.54) is 5.69 Å². The lowest BCUT2D eigenvalue weighted by Gasteiger charge is -2.73. The number of hydrogen-bond acceptors (Lipinski definition) is 12. The lowest BCUT2D eigenvalue weighted by Crippen LogP contribution is -2.70. The van der Waals surface area contributed by atoms with Crippen LogP contribution in [-0.4, -0.2) is 113 Å². The summed E-state index contributed by atoms with van der Waals surface area (Å²) in [5.74, 6) is -2.40. The summed E-state index contributed by atoms with van der Waals surface area (Å²) in [6, 6.07) is 0. The zero-order valence-electron chi connectivity index (χ0n) is 47.4. The molecule has 6 N–H and O–H groups in total. The third-order valence-electron chi connectivity index (χ3n) is 28.3. The third kappa shape index (κ3) is 5.76. The topological polar surface area (TPSA) is 184 Å². The van der Waals surface area contributed by atoms with Crippen LogP contribution in [0.1, 0.15) is 197 Å². The van der Waals surface area contributed by atoms with Gasteiger partial charge in [-0.2, -0.15) is 0 Å². The first-order chi connectivity index (χ1) is 33.8. The summed E-state index contributed by atoms with van der Waals surface area (Å²) in [4.78, 5) is 11.6. The number of fused-ring (bicyclic) bond motifs is 14. The molecule has 3 unspecified atom stereocenters. The van der Waals surface area contributed by atoms with E-state index in [1.54, 1.807) is 6.92 Å². The Morgan fingerprint density at radius 1 is 0.630 bits per heavy atom. The van der Waals surface area contributed by atoms with Gasteiger partial charge in [0, 0.05) is 35.5 Å². The molecule has 12 nitrogen and oxygen atoms in total. The van der Waals surface area contributed by atoms with E-state index in [4.69, 9.17) is 28.9 Å². The van der Waals surface area contributed by atoms with Gasteiger partial charge in [0.25, 0.3) is 0 Å². The van der Waals surface area contributed by atoms with Crippen molar-refractivity contribution >= 4 is 0 Å². The van der Waals surface area contributed by atoms with E-state index in [-0.39, 0.29) is 62.8 Å². The Labute approximate surface area is 437 Å². The van der Waals surface area contributed by atoms with Crippen LogP contribution < -0.4 is 0 Å². The predicted octanol–water partition coefficient (Wildman–Crippen LogP) is 8.43. The summed E-state index contributed by atoms with van der Waals surface area (Å²) in [6.45, 7) is 33.0. The van der Waals surface area contributed by atoms with E-state index < -0.39 is 75.5 Å². The zero-order valence-corrected chi connectivity index (χ0v) is 47.4. The van der Waals surface area contributed by atoms with Crippen molar-refractivity contribution in [3.63, 3.8) is 0 Å². The highest BCUT2D eigenvalue weighted by molar-refractivity contribution is 5.37. The quantitative estimate of drug-likeness (QED) is 0.160. The number of aliphatic hydroxyl groups excluding tert-OH is 4. The second-order valence-electron chi connectivity index (χ2n) is 30.7. The third-order valence-corrected chi connectivity index (χ3v) is 28.3. The van der Waals surface area contributed by atoms with Crippen molar-refractivity contribution in [3.05, 3.63) is 22.8 Å². The van der Waals surface area contributed by atoms with Gasteiger partial charge in [-0.05, 0) is 158 Å². The minimum absolute atomic E-state index is 0.00313. The number of aliphatic hydroxyl groups is 6. The molecule has 12 heteroatoms. The van der Waals surface area contributed by atoms with Gasteiger partial charge in [-0.25, -0.2) is 0 Å². The molecule has 1 aromatic heterocycles. The van der Waals surface area contributed by atoms with E-state index in [9.17, 15) is 30.6 Å². The van der Waals surface area contributed by atoms with Crippen LogP contribution in [0, 0.1) is 84.2 Å². The number of hydrogen-bond donors (Lipinski definition) is 6. The molecule has 1 aromatic rings. The Kier molecular flexibility index (Phi) is 11.0. The maximum absolute atomic E-state index is 13.4. The Balaban J connectivity index is 0.837. The molecule has 3 aliphatic heterocycles.